The summed E-state index contributed by atoms with van der Waals surface area (Å²) in [6, 6.07) is 22.2. The second kappa shape index (κ2) is 10.5. The van der Waals surface area contributed by atoms with E-state index in [2.05, 4.69) is 10.3 Å². The van der Waals surface area contributed by atoms with E-state index in [1.165, 1.54) is 18.2 Å². The second-order valence-corrected chi connectivity index (χ2v) is 8.78. The fourth-order valence-electron chi connectivity index (χ4n) is 4.62. The fourth-order valence-corrected chi connectivity index (χ4v) is 4.62. The van der Waals surface area contributed by atoms with E-state index in [1.807, 2.05) is 18.2 Å². The number of hydrogen-bond donors (Lipinski definition) is 1. The molecule has 10 heteroatoms. The van der Waals surface area contributed by atoms with Gasteiger partial charge in [-0.15, -0.1) is 0 Å². The summed E-state index contributed by atoms with van der Waals surface area (Å²) in [5, 5.41) is 15.0. The number of nitrogens with zero attached hydrogens (tertiary/aromatic N) is 3. The van der Waals surface area contributed by atoms with Crippen LogP contribution in [0.25, 0.3) is 10.9 Å². The molecule has 38 heavy (non-hydrogen) atoms. The van der Waals surface area contributed by atoms with Crippen molar-refractivity contribution in [1.29, 1.82) is 0 Å². The van der Waals surface area contributed by atoms with E-state index in [-0.39, 0.29) is 18.7 Å². The summed E-state index contributed by atoms with van der Waals surface area (Å²) in [5.74, 6) is -2.08. The summed E-state index contributed by atoms with van der Waals surface area (Å²) in [6.45, 7) is -0.0908. The number of nitro groups is 1. The number of imide groups is 1. The maximum Gasteiger partial charge on any atom is 0.417 e. The number of rotatable bonds is 6. The molecule has 190 valence electrons. The quantitative estimate of drug-likeness (QED) is 0.291. The van der Waals surface area contributed by atoms with Crippen molar-refractivity contribution in [1.82, 2.24) is 9.88 Å². The Morgan fingerprint density at radius 2 is 1.79 bits per heavy atom. The van der Waals surface area contributed by atoms with Gasteiger partial charge in [0.25, 0.3) is 5.69 Å². The lowest BCUT2D eigenvalue weighted by molar-refractivity contribution is -0.384. The van der Waals surface area contributed by atoms with Crippen LogP contribution in [-0.4, -0.2) is 38.8 Å². The maximum atomic E-state index is 13.7. The lowest BCUT2D eigenvalue weighted by Crippen LogP contribution is -2.47. The Kier molecular flexibility index (Phi) is 6.77. The molecular formula is C28H22N4O6. The number of aromatic nitrogens is 1. The van der Waals surface area contributed by atoms with Gasteiger partial charge >= 0.3 is 6.09 Å². The van der Waals surface area contributed by atoms with Crippen molar-refractivity contribution in [3.05, 3.63) is 112 Å². The molecule has 1 aliphatic rings. The van der Waals surface area contributed by atoms with Crippen molar-refractivity contribution in [2.24, 2.45) is 0 Å². The van der Waals surface area contributed by atoms with E-state index in [1.54, 1.807) is 54.7 Å². The van der Waals surface area contributed by atoms with E-state index in [9.17, 15) is 24.5 Å². The molecule has 1 N–H and O–H groups in total. The molecule has 0 spiro atoms. The highest BCUT2D eigenvalue weighted by molar-refractivity contribution is 6.08. The van der Waals surface area contributed by atoms with Crippen LogP contribution in [0.3, 0.4) is 0 Å². The number of fused-ring (bicyclic) bond motifs is 1. The fraction of sp³-hybridized carbons (Fsp3) is 0.143. The van der Waals surface area contributed by atoms with Crippen LogP contribution in [0.2, 0.25) is 0 Å². The average molecular weight is 511 g/mol. The van der Waals surface area contributed by atoms with Crippen molar-refractivity contribution in [3.63, 3.8) is 0 Å². The Hall–Kier alpha value is -5.12. The summed E-state index contributed by atoms with van der Waals surface area (Å²) in [5.41, 5.74) is 1.87. The van der Waals surface area contributed by atoms with Crippen LogP contribution in [0.5, 0.6) is 0 Å². The van der Waals surface area contributed by atoms with Crippen LogP contribution in [0.4, 0.5) is 16.2 Å². The molecule has 0 saturated carbocycles. The normalized spacial score (nSPS) is 16.8. The van der Waals surface area contributed by atoms with Crippen LogP contribution in [0.1, 0.15) is 23.5 Å². The third kappa shape index (κ3) is 4.92. The van der Waals surface area contributed by atoms with Crippen LogP contribution in [-0.2, 0) is 20.9 Å². The van der Waals surface area contributed by atoms with Crippen molar-refractivity contribution < 1.29 is 24.0 Å². The molecule has 2 heterocycles. The predicted octanol–water partition coefficient (Wildman–Crippen LogP) is 4.80. The number of nitrogens with one attached hydrogen (secondary N) is 1. The van der Waals surface area contributed by atoms with Gasteiger partial charge in [-0.25, -0.2) is 9.69 Å². The monoisotopic (exact) mass is 510 g/mol. The minimum Gasteiger partial charge on any atom is -0.444 e. The number of hydrogen-bond acceptors (Lipinski definition) is 7. The number of carbonyl (C=O) groups is 3. The Balaban J connectivity index is 1.49. The number of benzene rings is 3. The summed E-state index contributed by atoms with van der Waals surface area (Å²) >= 11 is 0. The van der Waals surface area contributed by atoms with Gasteiger partial charge in [0.1, 0.15) is 12.6 Å². The first kappa shape index (κ1) is 24.6. The lowest BCUT2D eigenvalue weighted by Gasteiger charge is -2.25. The number of carbonyl (C=O) groups excluding carboxylic acids is 3. The van der Waals surface area contributed by atoms with Gasteiger partial charge < -0.3 is 10.1 Å². The molecule has 5 rings (SSSR count). The molecule has 0 aliphatic carbocycles. The Morgan fingerprint density at radius 3 is 2.58 bits per heavy atom. The number of nitro benzene ring substituents is 1. The lowest BCUT2D eigenvalue weighted by atomic mass is 9.90. The first-order valence-corrected chi connectivity index (χ1v) is 11.8. The molecular weight excluding hydrogens is 488 g/mol. The molecule has 2 atom stereocenters. The van der Waals surface area contributed by atoms with Crippen molar-refractivity contribution in [2.45, 2.75) is 25.0 Å². The van der Waals surface area contributed by atoms with E-state index in [0.29, 0.717) is 22.3 Å². The van der Waals surface area contributed by atoms with Crippen molar-refractivity contribution >= 4 is 40.2 Å². The minimum atomic E-state index is -1.30. The highest BCUT2D eigenvalue weighted by Gasteiger charge is 2.49. The van der Waals surface area contributed by atoms with Crippen molar-refractivity contribution in [3.8, 4) is 0 Å². The number of non-ortho nitro benzene ring substituents is 1. The smallest absolute Gasteiger partial charge is 0.417 e. The molecule has 1 fully saturated rings. The Bertz CT molecular complexity index is 1540. The standard InChI is InChI=1S/C28H22N4O6/c33-24-16-22(20-10-4-12-21(15-20)32(36)37)26(31(24)28(35)38-17-18-7-2-1-3-8-18)27(34)30-23-13-5-9-19-11-6-14-29-25(19)23/h1-15,22,26H,16-17H2,(H,30,34)/t22-,26-/m0/s1. The molecule has 0 unspecified atom stereocenters. The zero-order valence-electron chi connectivity index (χ0n) is 20.0. The van der Waals surface area contributed by atoms with Crippen LogP contribution in [0, 0.1) is 10.1 Å². The molecule has 4 aromatic rings. The first-order valence-electron chi connectivity index (χ1n) is 11.8. The third-order valence-electron chi connectivity index (χ3n) is 6.39. The van der Waals surface area contributed by atoms with Crippen molar-refractivity contribution in [2.75, 3.05) is 5.32 Å². The van der Waals surface area contributed by atoms with E-state index in [0.717, 1.165) is 10.3 Å². The molecule has 0 bridgehead atoms. The summed E-state index contributed by atoms with van der Waals surface area (Å²) < 4.78 is 5.40. The largest absolute Gasteiger partial charge is 0.444 e. The summed E-state index contributed by atoms with van der Waals surface area (Å²) in [4.78, 5) is 55.9. The first-order chi connectivity index (χ1) is 18.4. The molecule has 0 radical (unpaired) electrons. The predicted molar refractivity (Wildman–Crippen MR) is 138 cm³/mol. The summed E-state index contributed by atoms with van der Waals surface area (Å²) in [6.07, 6.45) is 0.423. The average Bonchev–Trinajstić information content (AvgIpc) is 3.30. The van der Waals surface area contributed by atoms with Gasteiger partial charge in [0.15, 0.2) is 0 Å². The minimum absolute atomic E-state index is 0.0908. The second-order valence-electron chi connectivity index (χ2n) is 8.78. The number of ether oxygens (including phenoxy) is 1. The maximum absolute atomic E-state index is 13.7. The molecule has 3 aromatic carbocycles. The topological polar surface area (TPSA) is 132 Å². The zero-order chi connectivity index (χ0) is 26.6. The summed E-state index contributed by atoms with van der Waals surface area (Å²) in [7, 11) is 0. The molecule has 1 saturated heterocycles. The zero-order valence-corrected chi connectivity index (χ0v) is 20.0. The third-order valence-corrected chi connectivity index (χ3v) is 6.39. The van der Waals surface area contributed by atoms with Gasteiger partial charge in [0.05, 0.1) is 16.1 Å². The molecule has 1 aliphatic heterocycles. The number of likely N-dealkylation sites (tertiary alicyclic amines) is 1. The van der Waals surface area contributed by atoms with E-state index in [4.69, 9.17) is 4.74 Å². The Labute approximate surface area is 217 Å². The highest BCUT2D eigenvalue weighted by Crippen LogP contribution is 2.37. The van der Waals surface area contributed by atoms with Crippen LogP contribution < -0.4 is 5.32 Å². The van der Waals surface area contributed by atoms with Crippen LogP contribution >= 0.6 is 0 Å². The van der Waals surface area contributed by atoms with Gasteiger partial charge in [-0.2, -0.15) is 0 Å². The number of para-hydroxylation sites is 1. The Morgan fingerprint density at radius 1 is 1.03 bits per heavy atom. The number of pyridine rings is 1. The van der Waals surface area contributed by atoms with Gasteiger partial charge in [0, 0.05) is 36.1 Å². The van der Waals surface area contributed by atoms with E-state index < -0.39 is 34.8 Å². The SMILES string of the molecule is O=C(Nc1cccc2cccnc12)[C@@H]1[C@H](c2cccc([N+](=O)[O-])c2)CC(=O)N1C(=O)OCc1ccccc1. The van der Waals surface area contributed by atoms with Gasteiger partial charge in [-0.3, -0.25) is 24.7 Å². The number of anilines is 1. The molecule has 1 aromatic heterocycles. The van der Waals surface area contributed by atoms with Gasteiger partial charge in [-0.05, 0) is 23.3 Å². The van der Waals surface area contributed by atoms with Crippen LogP contribution in [0.15, 0.2) is 91.1 Å². The van der Waals surface area contributed by atoms with E-state index >= 15 is 0 Å². The number of amides is 3. The molecule has 10 nitrogen and oxygen atoms in total. The molecule has 3 amide bonds. The van der Waals surface area contributed by atoms with Gasteiger partial charge in [0.2, 0.25) is 11.8 Å². The highest BCUT2D eigenvalue weighted by atomic mass is 16.6. The van der Waals surface area contributed by atoms with Gasteiger partial charge in [-0.1, -0.05) is 60.7 Å².